The monoisotopic (exact) mass is 394 g/mol. The molecule has 1 aliphatic carbocycles. The molecule has 1 aromatic rings. The summed E-state index contributed by atoms with van der Waals surface area (Å²) in [6, 6.07) is 4.96. The maximum atomic E-state index is 13.0. The number of amides is 1. The zero-order valence-corrected chi connectivity index (χ0v) is 17.9. The molecule has 0 heterocycles. The van der Waals surface area contributed by atoms with Crippen LogP contribution in [-0.2, 0) is 14.8 Å². The average Bonchev–Trinajstić information content (AvgIpc) is 2.56. The molecule has 0 spiro atoms. The van der Waals surface area contributed by atoms with Gasteiger partial charge in [-0.05, 0) is 56.4 Å². The first-order valence-electron chi connectivity index (χ1n) is 10.1. The van der Waals surface area contributed by atoms with E-state index in [0.29, 0.717) is 12.1 Å². The van der Waals surface area contributed by atoms with E-state index in [1.165, 1.54) is 29.8 Å². The molecule has 152 valence electrons. The molecule has 6 heteroatoms. The molecule has 0 unspecified atom stereocenters. The van der Waals surface area contributed by atoms with Gasteiger partial charge >= 0.3 is 0 Å². The van der Waals surface area contributed by atoms with E-state index in [0.717, 1.165) is 36.8 Å². The Balaban J connectivity index is 2.25. The van der Waals surface area contributed by atoms with Gasteiger partial charge in [-0.1, -0.05) is 45.1 Å². The number of anilines is 1. The van der Waals surface area contributed by atoms with E-state index in [2.05, 4.69) is 5.32 Å². The highest BCUT2D eigenvalue weighted by molar-refractivity contribution is 7.92. The van der Waals surface area contributed by atoms with Crippen LogP contribution in [0, 0.1) is 13.8 Å². The van der Waals surface area contributed by atoms with E-state index in [-0.39, 0.29) is 11.9 Å². The Labute approximate surface area is 164 Å². The topological polar surface area (TPSA) is 66.5 Å². The van der Waals surface area contributed by atoms with Crippen LogP contribution in [0.5, 0.6) is 0 Å². The maximum absolute atomic E-state index is 13.0. The summed E-state index contributed by atoms with van der Waals surface area (Å²) in [5.74, 6) is -0.188. The minimum absolute atomic E-state index is 0.146. The number of carbonyl (C=O) groups excluding carboxylic acids is 1. The van der Waals surface area contributed by atoms with Crippen molar-refractivity contribution in [3.05, 3.63) is 29.3 Å². The van der Waals surface area contributed by atoms with Gasteiger partial charge in [-0.25, -0.2) is 8.42 Å². The lowest BCUT2D eigenvalue weighted by molar-refractivity contribution is -0.123. The molecule has 1 amide bonds. The molecule has 1 aromatic carbocycles. The van der Waals surface area contributed by atoms with E-state index in [9.17, 15) is 13.2 Å². The van der Waals surface area contributed by atoms with E-state index >= 15 is 0 Å². The Morgan fingerprint density at radius 2 is 1.70 bits per heavy atom. The van der Waals surface area contributed by atoms with Crippen molar-refractivity contribution in [2.45, 2.75) is 84.2 Å². The fourth-order valence-electron chi connectivity index (χ4n) is 3.82. The lowest BCUT2D eigenvalue weighted by atomic mass is 9.96. The summed E-state index contributed by atoms with van der Waals surface area (Å²) in [4.78, 5) is 13.0. The minimum Gasteiger partial charge on any atom is -0.352 e. The van der Waals surface area contributed by atoms with Crippen LogP contribution < -0.4 is 9.62 Å². The molecule has 1 saturated carbocycles. The van der Waals surface area contributed by atoms with E-state index < -0.39 is 16.1 Å². The third kappa shape index (κ3) is 5.96. The van der Waals surface area contributed by atoms with Crippen LogP contribution in [0.3, 0.4) is 0 Å². The maximum Gasteiger partial charge on any atom is 0.244 e. The van der Waals surface area contributed by atoms with Gasteiger partial charge in [-0.15, -0.1) is 0 Å². The van der Waals surface area contributed by atoms with Crippen molar-refractivity contribution in [2.75, 3.05) is 10.6 Å². The van der Waals surface area contributed by atoms with Gasteiger partial charge in [0.2, 0.25) is 15.9 Å². The van der Waals surface area contributed by atoms with Gasteiger partial charge in [-0.2, -0.15) is 0 Å². The number of nitrogens with one attached hydrogen (secondary N) is 1. The summed E-state index contributed by atoms with van der Waals surface area (Å²) < 4.78 is 26.4. The van der Waals surface area contributed by atoms with Crippen molar-refractivity contribution >= 4 is 21.6 Å². The third-order valence-electron chi connectivity index (χ3n) is 5.53. The number of hydrogen-bond donors (Lipinski definition) is 1. The molecule has 27 heavy (non-hydrogen) atoms. The Hall–Kier alpha value is -1.56. The van der Waals surface area contributed by atoms with Crippen LogP contribution in [0.25, 0.3) is 0 Å². The van der Waals surface area contributed by atoms with Crippen LogP contribution in [0.15, 0.2) is 18.2 Å². The Morgan fingerprint density at radius 1 is 1.11 bits per heavy atom. The molecule has 0 bridgehead atoms. The quantitative estimate of drug-likeness (QED) is 0.791. The van der Waals surface area contributed by atoms with Gasteiger partial charge in [0.05, 0.1) is 11.9 Å². The van der Waals surface area contributed by atoms with Crippen molar-refractivity contribution in [3.63, 3.8) is 0 Å². The molecule has 0 aliphatic heterocycles. The van der Waals surface area contributed by atoms with E-state index in [1.54, 1.807) is 6.07 Å². The second-order valence-electron chi connectivity index (χ2n) is 7.80. The number of aryl methyl sites for hydroxylation is 2. The van der Waals surface area contributed by atoms with Crippen LogP contribution in [-0.4, -0.2) is 32.7 Å². The highest BCUT2D eigenvalue weighted by atomic mass is 32.2. The van der Waals surface area contributed by atoms with Crippen LogP contribution in [0.1, 0.15) is 69.4 Å². The largest absolute Gasteiger partial charge is 0.352 e. The zero-order valence-electron chi connectivity index (χ0n) is 17.1. The molecule has 0 aromatic heterocycles. The standard InChI is InChI=1S/C21H34N2O3S/c1-5-20(21(24)22-18-11-9-7-6-8-10-12-18)23(27(4,25)26)19-14-13-16(2)17(3)15-19/h13-15,18,20H,5-12H2,1-4H3,(H,22,24)/t20-/m0/s1. The van der Waals surface area contributed by atoms with Crippen molar-refractivity contribution < 1.29 is 13.2 Å². The van der Waals surface area contributed by atoms with E-state index in [1.807, 2.05) is 32.9 Å². The van der Waals surface area contributed by atoms with Gasteiger partial charge < -0.3 is 5.32 Å². The normalized spacial score (nSPS) is 17.6. The number of rotatable bonds is 6. The first kappa shape index (κ1) is 21.7. The fraction of sp³-hybridized carbons (Fsp3) is 0.667. The van der Waals surface area contributed by atoms with Crippen LogP contribution in [0.4, 0.5) is 5.69 Å². The Bertz CT molecular complexity index is 738. The molecular formula is C21H34N2O3S. The molecule has 0 radical (unpaired) electrons. The van der Waals surface area contributed by atoms with Gasteiger partial charge in [0.1, 0.15) is 6.04 Å². The third-order valence-corrected chi connectivity index (χ3v) is 6.71. The molecular weight excluding hydrogens is 360 g/mol. The highest BCUT2D eigenvalue weighted by Gasteiger charge is 2.32. The second kappa shape index (κ2) is 9.58. The summed E-state index contributed by atoms with van der Waals surface area (Å²) in [5, 5.41) is 3.14. The second-order valence-corrected chi connectivity index (χ2v) is 9.66. The van der Waals surface area contributed by atoms with Crippen molar-refractivity contribution in [1.82, 2.24) is 5.32 Å². The van der Waals surface area contributed by atoms with Crippen molar-refractivity contribution in [3.8, 4) is 0 Å². The molecule has 0 saturated heterocycles. The summed E-state index contributed by atoms with van der Waals surface area (Å²) in [5.41, 5.74) is 2.66. The predicted molar refractivity (Wildman–Crippen MR) is 112 cm³/mol. The minimum atomic E-state index is -3.59. The number of hydrogen-bond acceptors (Lipinski definition) is 3. The van der Waals surface area contributed by atoms with Gasteiger partial charge in [-0.3, -0.25) is 9.10 Å². The van der Waals surface area contributed by atoms with Gasteiger partial charge in [0.15, 0.2) is 0 Å². The predicted octanol–water partition coefficient (Wildman–Crippen LogP) is 4.08. The summed E-state index contributed by atoms with van der Waals surface area (Å²) in [7, 11) is -3.59. The molecule has 2 rings (SSSR count). The molecule has 1 aliphatic rings. The van der Waals surface area contributed by atoms with Crippen molar-refractivity contribution in [2.24, 2.45) is 0 Å². The Morgan fingerprint density at radius 3 is 2.22 bits per heavy atom. The summed E-state index contributed by atoms with van der Waals surface area (Å²) in [6.45, 7) is 5.80. The first-order valence-corrected chi connectivity index (χ1v) is 12.0. The summed E-state index contributed by atoms with van der Waals surface area (Å²) in [6.07, 6.45) is 9.49. The molecule has 1 N–H and O–H groups in total. The van der Waals surface area contributed by atoms with Gasteiger partial charge in [0, 0.05) is 6.04 Å². The number of benzene rings is 1. The smallest absolute Gasteiger partial charge is 0.244 e. The number of carbonyl (C=O) groups is 1. The SMILES string of the molecule is CC[C@@H](C(=O)NC1CCCCCCC1)N(c1ccc(C)c(C)c1)S(C)(=O)=O. The van der Waals surface area contributed by atoms with Crippen molar-refractivity contribution in [1.29, 1.82) is 0 Å². The number of sulfonamides is 1. The zero-order chi connectivity index (χ0) is 20.0. The molecule has 1 fully saturated rings. The van der Waals surface area contributed by atoms with Gasteiger partial charge in [0.25, 0.3) is 0 Å². The first-order chi connectivity index (χ1) is 12.7. The molecule has 5 nitrogen and oxygen atoms in total. The fourth-order valence-corrected chi connectivity index (χ4v) is 5.02. The lowest BCUT2D eigenvalue weighted by Gasteiger charge is -2.32. The van der Waals surface area contributed by atoms with Crippen LogP contribution >= 0.6 is 0 Å². The van der Waals surface area contributed by atoms with E-state index in [4.69, 9.17) is 0 Å². The number of nitrogens with zero attached hydrogens (tertiary/aromatic N) is 1. The Kier molecular flexibility index (Phi) is 7.71. The molecule has 1 atom stereocenters. The lowest BCUT2D eigenvalue weighted by Crippen LogP contribution is -2.51. The highest BCUT2D eigenvalue weighted by Crippen LogP contribution is 2.25. The van der Waals surface area contributed by atoms with Crippen LogP contribution in [0.2, 0.25) is 0 Å². The summed E-state index contributed by atoms with van der Waals surface area (Å²) >= 11 is 0. The average molecular weight is 395 g/mol.